The number of esters is 2. The molecule has 1 atom stereocenters. The second-order valence-corrected chi connectivity index (χ2v) is 8.98. The van der Waals surface area contributed by atoms with Crippen LogP contribution in [0.1, 0.15) is 33.2 Å². The second-order valence-electron chi connectivity index (χ2n) is 6.24. The Hall–Kier alpha value is -2.72. The molecule has 172 valence electrons. The molecule has 0 amide bonds. The van der Waals surface area contributed by atoms with Crippen LogP contribution in [0.4, 0.5) is 14.5 Å². The van der Waals surface area contributed by atoms with Crippen LogP contribution >= 0.6 is 22.6 Å². The number of halogens is 3. The Bertz CT molecular complexity index is 1150. The predicted molar refractivity (Wildman–Crippen MR) is 113 cm³/mol. The second kappa shape index (κ2) is 9.83. The summed E-state index contributed by atoms with van der Waals surface area (Å²) in [6, 6.07) is 9.62. The summed E-state index contributed by atoms with van der Waals surface area (Å²) in [4.78, 5) is 35.2. The third-order valence-corrected chi connectivity index (χ3v) is 5.79. The van der Waals surface area contributed by atoms with Crippen LogP contribution < -0.4 is 0 Å². The fraction of sp³-hybridized carbons (Fsp3) is 0.222. The summed E-state index contributed by atoms with van der Waals surface area (Å²) in [5.41, 5.74) is -2.06. The lowest BCUT2D eigenvalue weighted by molar-refractivity contribution is -0.385. The number of hydrogen-bond acceptors (Lipinski definition) is 8. The van der Waals surface area contributed by atoms with Gasteiger partial charge in [-0.2, -0.15) is 17.2 Å². The average Bonchev–Trinajstić information content (AvgIpc) is 2.71. The van der Waals surface area contributed by atoms with Crippen molar-refractivity contribution in [2.45, 2.75) is 24.9 Å². The molecule has 10 nitrogen and oxygen atoms in total. The number of nitro groups is 1. The molecule has 0 aliphatic rings. The van der Waals surface area contributed by atoms with Crippen LogP contribution in [-0.2, 0) is 26.2 Å². The summed E-state index contributed by atoms with van der Waals surface area (Å²) < 4.78 is 68.0. The van der Waals surface area contributed by atoms with E-state index in [-0.39, 0.29) is 6.61 Å². The van der Waals surface area contributed by atoms with Gasteiger partial charge in [0, 0.05) is 9.64 Å². The highest BCUT2D eigenvalue weighted by molar-refractivity contribution is 14.1. The van der Waals surface area contributed by atoms with Gasteiger partial charge in [-0.25, -0.2) is 9.59 Å². The van der Waals surface area contributed by atoms with Gasteiger partial charge < -0.3 is 9.47 Å². The molecule has 0 aromatic heterocycles. The minimum absolute atomic E-state index is 0.260. The van der Waals surface area contributed by atoms with E-state index in [4.69, 9.17) is 9.29 Å². The zero-order valence-electron chi connectivity index (χ0n) is 16.0. The highest BCUT2D eigenvalue weighted by Gasteiger charge is 2.52. The lowest BCUT2D eigenvalue weighted by Crippen LogP contribution is -2.42. The third kappa shape index (κ3) is 5.74. The number of alkyl halides is 2. The van der Waals surface area contributed by atoms with E-state index in [1.165, 1.54) is 0 Å². The van der Waals surface area contributed by atoms with Crippen molar-refractivity contribution in [3.63, 3.8) is 0 Å². The van der Waals surface area contributed by atoms with Crippen molar-refractivity contribution in [3.8, 4) is 0 Å². The molecule has 0 saturated heterocycles. The number of rotatable bonds is 8. The number of benzene rings is 2. The largest absolute Gasteiger partial charge is 0.457 e. The molecule has 0 fully saturated rings. The van der Waals surface area contributed by atoms with Crippen molar-refractivity contribution < 1.29 is 45.7 Å². The number of carbonyl (C=O) groups is 2. The molecule has 32 heavy (non-hydrogen) atoms. The van der Waals surface area contributed by atoms with Gasteiger partial charge in [-0.15, -0.1) is 0 Å². The average molecular weight is 585 g/mol. The Kier molecular flexibility index (Phi) is 7.84. The molecule has 2 aromatic rings. The monoisotopic (exact) mass is 585 g/mol. The minimum atomic E-state index is -5.96. The summed E-state index contributed by atoms with van der Waals surface area (Å²) in [5, 5.41) is 6.41. The van der Waals surface area contributed by atoms with Gasteiger partial charge in [0.05, 0.1) is 10.5 Å². The molecule has 2 rings (SSSR count). The van der Waals surface area contributed by atoms with Gasteiger partial charge in [0.1, 0.15) is 6.61 Å². The first kappa shape index (κ1) is 25.5. The normalized spacial score (nSPS) is 12.7. The summed E-state index contributed by atoms with van der Waals surface area (Å²) in [7, 11) is -5.96. The lowest BCUT2D eigenvalue weighted by atomic mass is 10.1. The molecule has 0 radical (unpaired) electrons. The number of carbonyl (C=O) groups excluding carboxylic acids is 2. The Labute approximate surface area is 193 Å². The molecular formula is C18H14F2INO9S. The Morgan fingerprint density at radius 3 is 2.31 bits per heavy atom. The minimum Gasteiger partial charge on any atom is -0.457 e. The van der Waals surface area contributed by atoms with Crippen molar-refractivity contribution in [1.29, 1.82) is 0 Å². The van der Waals surface area contributed by atoms with Gasteiger partial charge in [-0.1, -0.05) is 18.2 Å². The van der Waals surface area contributed by atoms with Gasteiger partial charge in [-0.05, 0) is 53.3 Å². The molecule has 2 aromatic carbocycles. The molecule has 0 spiro atoms. The quantitative estimate of drug-likeness (QED) is 0.161. The van der Waals surface area contributed by atoms with Crippen LogP contribution in [0.3, 0.4) is 0 Å². The van der Waals surface area contributed by atoms with Crippen LogP contribution in [0.5, 0.6) is 0 Å². The SMILES string of the molecule is CC(OC(=O)c1c(C(=O)OCc2ccc(I)cc2)cccc1[N+](=O)[O-])C(F)(F)S(=O)(=O)O. The van der Waals surface area contributed by atoms with E-state index in [0.29, 0.717) is 12.5 Å². The van der Waals surface area contributed by atoms with E-state index in [1.807, 2.05) is 0 Å². The van der Waals surface area contributed by atoms with Gasteiger partial charge in [0.15, 0.2) is 11.7 Å². The molecule has 0 bridgehead atoms. The van der Waals surface area contributed by atoms with Crippen LogP contribution in [0.2, 0.25) is 0 Å². The van der Waals surface area contributed by atoms with Gasteiger partial charge in [0.25, 0.3) is 5.69 Å². The summed E-state index contributed by atoms with van der Waals surface area (Å²) >= 11 is 2.06. The molecule has 0 aliphatic carbocycles. The number of hydrogen-bond donors (Lipinski definition) is 1. The molecule has 1 unspecified atom stereocenters. The maximum absolute atomic E-state index is 13.7. The van der Waals surface area contributed by atoms with Gasteiger partial charge in [0.2, 0.25) is 0 Å². The van der Waals surface area contributed by atoms with Crippen LogP contribution in [0.25, 0.3) is 0 Å². The van der Waals surface area contributed by atoms with E-state index in [2.05, 4.69) is 27.3 Å². The number of nitro benzene ring substituents is 1. The summed E-state index contributed by atoms with van der Waals surface area (Å²) in [6.45, 7) is 0.194. The molecule has 1 N–H and O–H groups in total. The van der Waals surface area contributed by atoms with Crippen molar-refractivity contribution in [3.05, 3.63) is 72.8 Å². The van der Waals surface area contributed by atoms with E-state index < -0.39 is 55.2 Å². The standard InChI is InChI=1S/C18H14F2INO9S/c1-10(18(19,20)32(27,28)29)31-17(24)15-13(3-2-4-14(15)22(25)26)16(23)30-9-11-5-7-12(21)8-6-11/h2-8,10H,9H2,1H3,(H,27,28,29). The summed E-state index contributed by atoms with van der Waals surface area (Å²) in [5.74, 6) is -2.97. The van der Waals surface area contributed by atoms with E-state index in [9.17, 15) is 36.9 Å². The van der Waals surface area contributed by atoms with Crippen LogP contribution in [0.15, 0.2) is 42.5 Å². The fourth-order valence-electron chi connectivity index (χ4n) is 2.38. The zero-order valence-corrected chi connectivity index (χ0v) is 19.0. The Morgan fingerprint density at radius 1 is 1.19 bits per heavy atom. The summed E-state index contributed by atoms with van der Waals surface area (Å²) in [6.07, 6.45) is -2.74. The molecular weight excluding hydrogens is 571 g/mol. The van der Waals surface area contributed by atoms with Crippen molar-refractivity contribution >= 4 is 50.3 Å². The third-order valence-electron chi connectivity index (χ3n) is 4.05. The topological polar surface area (TPSA) is 150 Å². The molecule has 0 saturated carbocycles. The Morgan fingerprint density at radius 2 is 1.78 bits per heavy atom. The van der Waals surface area contributed by atoms with Crippen molar-refractivity contribution in [1.82, 2.24) is 0 Å². The maximum Gasteiger partial charge on any atom is 0.405 e. The van der Waals surface area contributed by atoms with Crippen LogP contribution in [-0.4, -0.2) is 41.2 Å². The molecule has 14 heteroatoms. The van der Waals surface area contributed by atoms with E-state index in [1.54, 1.807) is 24.3 Å². The maximum atomic E-state index is 13.7. The first-order chi connectivity index (χ1) is 14.8. The molecule has 0 aliphatic heterocycles. The predicted octanol–water partition coefficient (Wildman–Crippen LogP) is 3.58. The lowest BCUT2D eigenvalue weighted by Gasteiger charge is -2.21. The highest BCUT2D eigenvalue weighted by Crippen LogP contribution is 2.30. The van der Waals surface area contributed by atoms with E-state index in [0.717, 1.165) is 21.8 Å². The first-order valence-corrected chi connectivity index (χ1v) is 11.0. The highest BCUT2D eigenvalue weighted by atomic mass is 127. The van der Waals surface area contributed by atoms with E-state index >= 15 is 0 Å². The van der Waals surface area contributed by atoms with Gasteiger partial charge in [-0.3, -0.25) is 14.7 Å². The van der Waals surface area contributed by atoms with Crippen molar-refractivity contribution in [2.75, 3.05) is 0 Å². The number of nitrogens with zero attached hydrogens (tertiary/aromatic N) is 1. The smallest absolute Gasteiger partial charge is 0.405 e. The van der Waals surface area contributed by atoms with Gasteiger partial charge >= 0.3 is 27.3 Å². The fourth-order valence-corrected chi connectivity index (χ4v) is 3.21. The first-order valence-electron chi connectivity index (χ1n) is 8.50. The Balaban J connectivity index is 2.36. The zero-order chi connectivity index (χ0) is 24.3. The van der Waals surface area contributed by atoms with Crippen LogP contribution in [0, 0.1) is 13.7 Å². The van der Waals surface area contributed by atoms with Crippen molar-refractivity contribution in [2.24, 2.45) is 0 Å². The molecule has 0 heterocycles. The number of ether oxygens (including phenoxy) is 2.